The number of halogens is 1. The zero-order valence-electron chi connectivity index (χ0n) is 12.0. The van der Waals surface area contributed by atoms with Crippen molar-refractivity contribution in [1.82, 2.24) is 9.88 Å². The molecule has 2 aromatic rings. The summed E-state index contributed by atoms with van der Waals surface area (Å²) in [6.45, 7) is 0. The molecule has 21 heavy (non-hydrogen) atoms. The van der Waals surface area contributed by atoms with Gasteiger partial charge in [0.1, 0.15) is 5.69 Å². The third-order valence-corrected chi connectivity index (χ3v) is 3.96. The summed E-state index contributed by atoms with van der Waals surface area (Å²) in [6.07, 6.45) is 4.98. The van der Waals surface area contributed by atoms with Gasteiger partial charge in [-0.15, -0.1) is 12.4 Å². The number of nitrogens with two attached hydrogens (primary N) is 1. The molecule has 0 spiro atoms. The molecule has 1 unspecified atom stereocenters. The van der Waals surface area contributed by atoms with Crippen molar-refractivity contribution in [3.63, 3.8) is 0 Å². The van der Waals surface area contributed by atoms with Crippen LogP contribution in [0, 0.1) is 0 Å². The molecule has 3 N–H and O–H groups in total. The molecule has 0 radical (unpaired) electrons. The minimum Gasteiger partial charge on any atom is -0.399 e. The van der Waals surface area contributed by atoms with Gasteiger partial charge in [-0.05, 0) is 54.7 Å². The number of nitrogen functional groups attached to an aromatic ring is 1. The summed E-state index contributed by atoms with van der Waals surface area (Å²) in [6, 6.07) is 9.77. The second kappa shape index (κ2) is 6.22. The van der Waals surface area contributed by atoms with Crippen molar-refractivity contribution >= 4 is 24.0 Å². The molecule has 1 heterocycles. The molecular weight excluding hydrogens is 286 g/mol. The number of amides is 1. The van der Waals surface area contributed by atoms with Gasteiger partial charge in [0.25, 0.3) is 5.91 Å². The minimum absolute atomic E-state index is 0. The Balaban J connectivity index is 0.00000161. The van der Waals surface area contributed by atoms with E-state index in [0.29, 0.717) is 5.69 Å². The van der Waals surface area contributed by atoms with E-state index in [9.17, 15) is 4.79 Å². The normalized spacial score (nSPS) is 16.7. The highest BCUT2D eigenvalue weighted by molar-refractivity contribution is 5.93. The maximum Gasteiger partial charge on any atom is 0.268 e. The lowest BCUT2D eigenvalue weighted by Crippen LogP contribution is -2.32. The number of carbonyl (C=O) groups is 1. The Morgan fingerprint density at radius 2 is 2.19 bits per heavy atom. The molecule has 1 amide bonds. The first kappa shape index (κ1) is 15.4. The van der Waals surface area contributed by atoms with Gasteiger partial charge in [-0.1, -0.05) is 6.07 Å². The highest BCUT2D eigenvalue weighted by atomic mass is 35.5. The van der Waals surface area contributed by atoms with Crippen LogP contribution in [0.2, 0.25) is 0 Å². The van der Waals surface area contributed by atoms with E-state index in [4.69, 9.17) is 5.73 Å². The van der Waals surface area contributed by atoms with Crippen molar-refractivity contribution in [2.45, 2.75) is 25.3 Å². The molecule has 112 valence electrons. The van der Waals surface area contributed by atoms with E-state index in [0.717, 1.165) is 24.9 Å². The molecule has 5 heteroatoms. The summed E-state index contributed by atoms with van der Waals surface area (Å²) in [5.41, 5.74) is 9.77. The van der Waals surface area contributed by atoms with Crippen LogP contribution >= 0.6 is 12.4 Å². The molecule has 0 saturated heterocycles. The van der Waals surface area contributed by atoms with Gasteiger partial charge in [-0.2, -0.15) is 0 Å². The Bertz CT molecular complexity index is 651. The van der Waals surface area contributed by atoms with Gasteiger partial charge in [-0.3, -0.25) is 4.79 Å². The summed E-state index contributed by atoms with van der Waals surface area (Å²) in [4.78, 5) is 12.3. The first-order valence-electron chi connectivity index (χ1n) is 6.95. The molecule has 4 nitrogen and oxygen atoms in total. The van der Waals surface area contributed by atoms with E-state index in [1.807, 2.05) is 48.1 Å². The standard InChI is InChI=1S/C16H19N3O.ClH/c1-19-9-3-6-15(19)16(20)18-14-5-2-4-11-10-12(17)7-8-13(11)14;/h3,6-10,14H,2,4-5,17H2,1H3,(H,18,20);1H. The van der Waals surface area contributed by atoms with E-state index in [1.165, 1.54) is 11.1 Å². The molecule has 3 rings (SSSR count). The number of hydrogen-bond acceptors (Lipinski definition) is 2. The second-order valence-corrected chi connectivity index (χ2v) is 5.38. The van der Waals surface area contributed by atoms with E-state index in [2.05, 4.69) is 5.32 Å². The number of fused-ring (bicyclic) bond motifs is 1. The van der Waals surface area contributed by atoms with Crippen LogP contribution < -0.4 is 11.1 Å². The van der Waals surface area contributed by atoms with Crippen LogP contribution in [0.3, 0.4) is 0 Å². The Hall–Kier alpha value is -1.94. The predicted octanol–water partition coefficient (Wildman–Crippen LogP) is 2.84. The Morgan fingerprint density at radius 3 is 2.90 bits per heavy atom. The maximum absolute atomic E-state index is 12.3. The fourth-order valence-corrected chi connectivity index (χ4v) is 2.91. The molecule has 1 aliphatic rings. The largest absolute Gasteiger partial charge is 0.399 e. The van der Waals surface area contributed by atoms with Gasteiger partial charge in [0.2, 0.25) is 0 Å². The third kappa shape index (κ3) is 3.05. The smallest absolute Gasteiger partial charge is 0.268 e. The van der Waals surface area contributed by atoms with Gasteiger partial charge in [0.15, 0.2) is 0 Å². The summed E-state index contributed by atoms with van der Waals surface area (Å²) < 4.78 is 1.84. The SMILES string of the molecule is Cl.Cn1cccc1C(=O)NC1CCCc2cc(N)ccc21. The zero-order valence-corrected chi connectivity index (χ0v) is 12.8. The fourth-order valence-electron chi connectivity index (χ4n) is 2.91. The first-order chi connectivity index (χ1) is 9.65. The summed E-state index contributed by atoms with van der Waals surface area (Å²) in [7, 11) is 1.88. The Kier molecular flexibility index (Phi) is 4.58. The van der Waals surface area contributed by atoms with Crippen LogP contribution in [0.1, 0.15) is 40.5 Å². The van der Waals surface area contributed by atoms with Crippen molar-refractivity contribution in [2.75, 3.05) is 5.73 Å². The molecule has 0 saturated carbocycles. The van der Waals surface area contributed by atoms with Crippen LogP contribution in [0.25, 0.3) is 0 Å². The maximum atomic E-state index is 12.3. The third-order valence-electron chi connectivity index (χ3n) is 3.96. The summed E-state index contributed by atoms with van der Waals surface area (Å²) >= 11 is 0. The number of hydrogen-bond donors (Lipinski definition) is 2. The van der Waals surface area contributed by atoms with Crippen molar-refractivity contribution in [1.29, 1.82) is 0 Å². The molecule has 0 aliphatic heterocycles. The molecule has 0 bridgehead atoms. The lowest BCUT2D eigenvalue weighted by molar-refractivity contribution is 0.0924. The van der Waals surface area contributed by atoms with Crippen molar-refractivity contribution in [2.24, 2.45) is 7.05 Å². The zero-order chi connectivity index (χ0) is 14.1. The number of aromatic nitrogens is 1. The number of benzene rings is 1. The van der Waals surface area contributed by atoms with Gasteiger partial charge in [0.05, 0.1) is 6.04 Å². The fraction of sp³-hybridized carbons (Fsp3) is 0.312. The number of nitrogens with zero attached hydrogens (tertiary/aromatic N) is 1. The molecule has 1 aliphatic carbocycles. The molecule has 0 fully saturated rings. The Labute approximate surface area is 130 Å². The molecular formula is C16H20ClN3O. The van der Waals surface area contributed by atoms with E-state index < -0.39 is 0 Å². The van der Waals surface area contributed by atoms with Crippen LogP contribution in [-0.4, -0.2) is 10.5 Å². The monoisotopic (exact) mass is 305 g/mol. The van der Waals surface area contributed by atoms with E-state index >= 15 is 0 Å². The summed E-state index contributed by atoms with van der Waals surface area (Å²) in [5.74, 6) is -0.0211. The van der Waals surface area contributed by atoms with Gasteiger partial charge >= 0.3 is 0 Å². The van der Waals surface area contributed by atoms with E-state index in [1.54, 1.807) is 0 Å². The quantitative estimate of drug-likeness (QED) is 0.838. The van der Waals surface area contributed by atoms with Gasteiger partial charge in [0, 0.05) is 18.9 Å². The number of nitrogens with one attached hydrogen (secondary N) is 1. The second-order valence-electron chi connectivity index (χ2n) is 5.38. The molecule has 1 aromatic carbocycles. The van der Waals surface area contributed by atoms with Crippen LogP contribution in [-0.2, 0) is 13.5 Å². The lowest BCUT2D eigenvalue weighted by atomic mass is 9.87. The van der Waals surface area contributed by atoms with E-state index in [-0.39, 0.29) is 24.4 Å². The lowest BCUT2D eigenvalue weighted by Gasteiger charge is -2.26. The number of rotatable bonds is 2. The van der Waals surface area contributed by atoms with Crippen LogP contribution in [0.4, 0.5) is 5.69 Å². The molecule has 1 aromatic heterocycles. The van der Waals surface area contributed by atoms with Crippen molar-refractivity contribution < 1.29 is 4.79 Å². The van der Waals surface area contributed by atoms with Gasteiger partial charge in [-0.25, -0.2) is 0 Å². The van der Waals surface area contributed by atoms with Crippen LogP contribution in [0.5, 0.6) is 0 Å². The Morgan fingerprint density at radius 1 is 1.38 bits per heavy atom. The van der Waals surface area contributed by atoms with Crippen molar-refractivity contribution in [3.05, 3.63) is 53.3 Å². The number of aryl methyl sites for hydroxylation is 2. The minimum atomic E-state index is -0.0211. The highest BCUT2D eigenvalue weighted by Crippen LogP contribution is 2.31. The summed E-state index contributed by atoms with van der Waals surface area (Å²) in [5, 5.41) is 3.14. The topological polar surface area (TPSA) is 60.0 Å². The predicted molar refractivity (Wildman–Crippen MR) is 86.7 cm³/mol. The van der Waals surface area contributed by atoms with Crippen molar-refractivity contribution in [3.8, 4) is 0 Å². The first-order valence-corrected chi connectivity index (χ1v) is 6.95. The molecule has 1 atom stereocenters. The average Bonchev–Trinajstić information content (AvgIpc) is 2.85. The average molecular weight is 306 g/mol. The van der Waals surface area contributed by atoms with Gasteiger partial charge < -0.3 is 15.6 Å². The highest BCUT2D eigenvalue weighted by Gasteiger charge is 2.22. The van der Waals surface area contributed by atoms with Crippen LogP contribution in [0.15, 0.2) is 36.5 Å². The number of carbonyl (C=O) groups excluding carboxylic acids is 1. The number of anilines is 1.